The van der Waals surface area contributed by atoms with Crippen LogP contribution in [0, 0.1) is 0 Å². The van der Waals surface area contributed by atoms with Crippen LogP contribution in [0.15, 0.2) is 65.6 Å². The second-order valence-electron chi connectivity index (χ2n) is 4.59. The van der Waals surface area contributed by atoms with Crippen LogP contribution >= 0.6 is 11.6 Å². The van der Waals surface area contributed by atoms with Gasteiger partial charge in [-0.25, -0.2) is 8.42 Å². The van der Waals surface area contributed by atoms with Gasteiger partial charge >= 0.3 is 0 Å². The molecule has 0 aliphatic rings. The highest BCUT2D eigenvalue weighted by molar-refractivity contribution is 7.95. The van der Waals surface area contributed by atoms with E-state index in [-0.39, 0.29) is 16.9 Å². The van der Waals surface area contributed by atoms with Crippen molar-refractivity contribution in [2.24, 2.45) is 0 Å². The van der Waals surface area contributed by atoms with Crippen molar-refractivity contribution in [1.29, 1.82) is 0 Å². The van der Waals surface area contributed by atoms with Crippen molar-refractivity contribution in [1.82, 2.24) is 0 Å². The van der Waals surface area contributed by atoms with Crippen LogP contribution in [-0.2, 0) is 9.84 Å². The number of hydrogen-bond acceptors (Lipinski definition) is 3. The zero-order valence-electron chi connectivity index (χ0n) is 11.5. The van der Waals surface area contributed by atoms with Crippen molar-refractivity contribution < 1.29 is 13.2 Å². The first-order valence-corrected chi connectivity index (χ1v) is 8.38. The van der Waals surface area contributed by atoms with Gasteiger partial charge in [-0.3, -0.25) is 4.79 Å². The summed E-state index contributed by atoms with van der Waals surface area (Å²) < 4.78 is 23.5. The molecule has 0 saturated carbocycles. The lowest BCUT2D eigenvalue weighted by Crippen LogP contribution is -2.40. The molecule has 0 spiro atoms. The van der Waals surface area contributed by atoms with Crippen molar-refractivity contribution in [3.8, 4) is 0 Å². The van der Waals surface area contributed by atoms with Gasteiger partial charge in [0.2, 0.25) is 14.0 Å². The predicted molar refractivity (Wildman–Crippen MR) is 83.3 cm³/mol. The van der Waals surface area contributed by atoms with Gasteiger partial charge in [0.25, 0.3) is 0 Å². The summed E-state index contributed by atoms with van der Waals surface area (Å²) in [4.78, 5) is 12.7. The zero-order valence-corrected chi connectivity index (χ0v) is 13.1. The average molecular weight is 323 g/mol. The fraction of sp³-hybridized carbons (Fsp3) is 0.188. The third-order valence-electron chi connectivity index (χ3n) is 3.31. The molecule has 0 aliphatic carbocycles. The Balaban J connectivity index is 2.54. The fourth-order valence-electron chi connectivity index (χ4n) is 2.06. The van der Waals surface area contributed by atoms with Gasteiger partial charge in [-0.05, 0) is 18.6 Å². The lowest BCUT2D eigenvalue weighted by molar-refractivity contribution is 0.0970. The van der Waals surface area contributed by atoms with E-state index in [1.54, 1.807) is 55.5 Å². The Morgan fingerprint density at radius 1 is 1.00 bits per heavy atom. The van der Waals surface area contributed by atoms with E-state index in [1.807, 2.05) is 0 Å². The lowest BCUT2D eigenvalue weighted by Gasteiger charge is -2.24. The molecule has 0 amide bonds. The average Bonchev–Trinajstić information content (AvgIpc) is 2.54. The van der Waals surface area contributed by atoms with E-state index >= 15 is 0 Å². The minimum Gasteiger partial charge on any atom is -0.291 e. The molecule has 2 aromatic carbocycles. The number of benzene rings is 2. The SMILES string of the molecule is CCC(Cl)(C(=O)c1ccccc1)S(=O)(=O)c1ccccc1. The first-order valence-electron chi connectivity index (χ1n) is 6.52. The number of ketones is 1. The topological polar surface area (TPSA) is 51.2 Å². The predicted octanol–water partition coefficient (Wildman–Crippen LogP) is 3.69. The summed E-state index contributed by atoms with van der Waals surface area (Å²) >= 11 is 6.30. The van der Waals surface area contributed by atoms with Crippen LogP contribution in [0.25, 0.3) is 0 Å². The minimum absolute atomic E-state index is 0.0144. The van der Waals surface area contributed by atoms with Crippen molar-refractivity contribution in [3.05, 3.63) is 66.2 Å². The van der Waals surface area contributed by atoms with E-state index in [0.717, 1.165) is 0 Å². The molecule has 1 atom stereocenters. The van der Waals surface area contributed by atoms with Crippen molar-refractivity contribution in [3.63, 3.8) is 0 Å². The summed E-state index contributed by atoms with van der Waals surface area (Å²) in [6.45, 7) is 1.59. The molecule has 3 nitrogen and oxygen atoms in total. The second kappa shape index (κ2) is 6.00. The highest BCUT2D eigenvalue weighted by atomic mass is 35.5. The van der Waals surface area contributed by atoms with Gasteiger partial charge < -0.3 is 0 Å². The standard InChI is InChI=1S/C16H15ClO3S/c1-2-16(17,15(18)13-9-5-3-6-10-13)21(19,20)14-11-7-4-8-12-14/h3-12H,2H2,1H3. The third-order valence-corrected chi connectivity index (χ3v) is 6.58. The zero-order chi connectivity index (χ0) is 15.5. The molecule has 0 bridgehead atoms. The molecule has 0 aromatic heterocycles. The van der Waals surface area contributed by atoms with Crippen LogP contribution < -0.4 is 0 Å². The summed E-state index contributed by atoms with van der Waals surface area (Å²) in [5, 5.41) is 0. The molecular formula is C16H15ClO3S. The monoisotopic (exact) mass is 322 g/mol. The van der Waals surface area contributed by atoms with Crippen molar-refractivity contribution in [2.45, 2.75) is 22.4 Å². The summed E-state index contributed by atoms with van der Waals surface area (Å²) in [7, 11) is -3.98. The fourth-order valence-corrected chi connectivity index (χ4v) is 4.07. The molecular weight excluding hydrogens is 308 g/mol. The molecule has 21 heavy (non-hydrogen) atoms. The van der Waals surface area contributed by atoms with E-state index in [0.29, 0.717) is 0 Å². The molecule has 0 heterocycles. The first-order chi connectivity index (χ1) is 9.93. The maximum absolute atomic E-state index is 12.7. The number of alkyl halides is 1. The van der Waals surface area contributed by atoms with Gasteiger partial charge in [0.1, 0.15) is 0 Å². The molecule has 110 valence electrons. The van der Waals surface area contributed by atoms with Crippen molar-refractivity contribution in [2.75, 3.05) is 0 Å². The number of rotatable bonds is 5. The Morgan fingerprint density at radius 3 is 1.95 bits per heavy atom. The molecule has 5 heteroatoms. The van der Waals surface area contributed by atoms with Crippen LogP contribution in [0.1, 0.15) is 23.7 Å². The van der Waals surface area contributed by atoms with Crippen LogP contribution in [0.2, 0.25) is 0 Å². The van der Waals surface area contributed by atoms with Gasteiger partial charge in [0, 0.05) is 5.56 Å². The molecule has 0 fully saturated rings. The number of carbonyl (C=O) groups excluding carboxylic acids is 1. The summed E-state index contributed by atoms with van der Waals surface area (Å²) in [5.74, 6) is -0.601. The van der Waals surface area contributed by atoms with E-state index in [2.05, 4.69) is 0 Å². The van der Waals surface area contributed by atoms with Crippen LogP contribution in [-0.4, -0.2) is 18.4 Å². The molecule has 0 saturated heterocycles. The normalized spacial score (nSPS) is 14.4. The number of hydrogen-bond donors (Lipinski definition) is 0. The van der Waals surface area contributed by atoms with Crippen LogP contribution in [0.4, 0.5) is 0 Å². The maximum Gasteiger partial charge on any atom is 0.212 e. The Bertz CT molecular complexity index is 727. The Kier molecular flexibility index (Phi) is 4.49. The summed E-state index contributed by atoms with van der Waals surface area (Å²) in [6, 6.07) is 16.0. The minimum atomic E-state index is -3.98. The smallest absolute Gasteiger partial charge is 0.212 e. The van der Waals surface area contributed by atoms with Crippen LogP contribution in [0.3, 0.4) is 0 Å². The van der Waals surface area contributed by atoms with E-state index in [9.17, 15) is 13.2 Å². The number of Topliss-reactive ketones (excluding diaryl/α,β-unsaturated/α-hetero) is 1. The molecule has 0 aliphatic heterocycles. The van der Waals surface area contributed by atoms with Crippen LogP contribution in [0.5, 0.6) is 0 Å². The number of halogens is 1. The molecule has 0 N–H and O–H groups in total. The van der Waals surface area contributed by atoms with E-state index < -0.39 is 19.8 Å². The summed E-state index contributed by atoms with van der Waals surface area (Å²) in [5.41, 5.74) is 0.286. The molecule has 0 radical (unpaired) electrons. The maximum atomic E-state index is 12.7. The van der Waals surface area contributed by atoms with Crippen molar-refractivity contribution >= 4 is 27.2 Å². The molecule has 2 aromatic rings. The largest absolute Gasteiger partial charge is 0.291 e. The van der Waals surface area contributed by atoms with E-state index in [4.69, 9.17) is 11.6 Å². The van der Waals surface area contributed by atoms with Gasteiger partial charge in [-0.2, -0.15) is 0 Å². The summed E-state index contributed by atoms with van der Waals surface area (Å²) in [6.07, 6.45) is -0.0144. The first kappa shape index (κ1) is 15.7. The van der Waals surface area contributed by atoms with Gasteiger partial charge in [-0.1, -0.05) is 67.1 Å². The van der Waals surface area contributed by atoms with Gasteiger partial charge in [0.15, 0.2) is 5.78 Å². The Morgan fingerprint density at radius 2 is 1.48 bits per heavy atom. The highest BCUT2D eigenvalue weighted by Crippen LogP contribution is 2.36. The second-order valence-corrected chi connectivity index (χ2v) is 7.64. The highest BCUT2D eigenvalue weighted by Gasteiger charge is 2.48. The Labute approximate surface area is 129 Å². The number of sulfone groups is 1. The third kappa shape index (κ3) is 2.74. The van der Waals surface area contributed by atoms with Gasteiger partial charge in [-0.15, -0.1) is 0 Å². The van der Waals surface area contributed by atoms with E-state index in [1.165, 1.54) is 12.1 Å². The Hall–Kier alpha value is -1.65. The van der Waals surface area contributed by atoms with Gasteiger partial charge in [0.05, 0.1) is 4.90 Å². The molecule has 1 unspecified atom stereocenters. The number of carbonyl (C=O) groups is 1. The lowest BCUT2D eigenvalue weighted by atomic mass is 10.1. The molecule has 2 rings (SSSR count). The quantitative estimate of drug-likeness (QED) is 0.623.